The molecule has 3 aromatic carbocycles. The van der Waals surface area contributed by atoms with E-state index in [1.54, 1.807) is 29.2 Å². The van der Waals surface area contributed by atoms with Crippen LogP contribution in [0.4, 0.5) is 0 Å². The molecule has 1 aliphatic rings. The maximum absolute atomic E-state index is 13.1. The Hall–Kier alpha value is -3.49. The van der Waals surface area contributed by atoms with E-state index < -0.39 is 10.0 Å². The Morgan fingerprint density at radius 2 is 1.41 bits per heavy atom. The first-order valence-corrected chi connectivity index (χ1v) is 12.7. The van der Waals surface area contributed by atoms with Gasteiger partial charge in [-0.2, -0.15) is 4.31 Å². The minimum atomic E-state index is -3.61. The third kappa shape index (κ3) is 5.35. The number of amidine groups is 1. The van der Waals surface area contributed by atoms with Crippen LogP contribution in [0.5, 0.6) is 0 Å². The second kappa shape index (κ2) is 10.2. The van der Waals surface area contributed by atoms with Gasteiger partial charge in [-0.1, -0.05) is 66.7 Å². The minimum Gasteiger partial charge on any atom is -0.384 e. The number of rotatable bonds is 7. The van der Waals surface area contributed by atoms with Crippen LogP contribution >= 0.6 is 0 Å². The molecule has 4 rings (SSSR count). The van der Waals surface area contributed by atoms with Crippen molar-refractivity contribution in [1.29, 1.82) is 5.41 Å². The second-order valence-corrected chi connectivity index (χ2v) is 10.2. The van der Waals surface area contributed by atoms with Gasteiger partial charge in [-0.05, 0) is 35.2 Å². The predicted molar refractivity (Wildman–Crippen MR) is 133 cm³/mol. The predicted octanol–water partition coefficient (Wildman–Crippen LogP) is 3.10. The van der Waals surface area contributed by atoms with Crippen molar-refractivity contribution in [3.8, 4) is 11.1 Å². The van der Waals surface area contributed by atoms with Crippen molar-refractivity contribution in [3.63, 3.8) is 0 Å². The van der Waals surface area contributed by atoms with Gasteiger partial charge >= 0.3 is 0 Å². The molecule has 1 aliphatic heterocycles. The molecular formula is C26H28N4O3S. The van der Waals surface area contributed by atoms with Crippen LogP contribution in [0.3, 0.4) is 0 Å². The van der Waals surface area contributed by atoms with Crippen molar-refractivity contribution < 1.29 is 13.2 Å². The molecule has 1 amide bonds. The summed E-state index contributed by atoms with van der Waals surface area (Å²) < 4.78 is 27.6. The number of nitrogens with one attached hydrogen (secondary N) is 1. The first-order chi connectivity index (χ1) is 16.3. The standard InChI is InChI=1S/C26H28N4O3S/c27-26(28)23-9-6-20(7-10-23)8-15-25(31)29-16-18-30(19-17-29)34(32,33)24-13-11-22(12-14-24)21-4-2-1-3-5-21/h1-7,9-14H,8,15-19H2,(H3,27,28). The van der Waals surface area contributed by atoms with Crippen LogP contribution in [0.25, 0.3) is 11.1 Å². The average Bonchev–Trinajstić information content (AvgIpc) is 2.88. The highest BCUT2D eigenvalue weighted by molar-refractivity contribution is 7.89. The van der Waals surface area contributed by atoms with E-state index in [0.717, 1.165) is 16.7 Å². The summed E-state index contributed by atoms with van der Waals surface area (Å²) in [7, 11) is -3.61. The third-order valence-electron chi connectivity index (χ3n) is 6.08. The van der Waals surface area contributed by atoms with Gasteiger partial charge in [-0.15, -0.1) is 0 Å². The molecular weight excluding hydrogens is 448 g/mol. The average molecular weight is 477 g/mol. The number of aryl methyl sites for hydroxylation is 1. The summed E-state index contributed by atoms with van der Waals surface area (Å²) in [5.74, 6) is 0.0301. The van der Waals surface area contributed by atoms with E-state index in [-0.39, 0.29) is 29.7 Å². The molecule has 0 radical (unpaired) electrons. The summed E-state index contributed by atoms with van der Waals surface area (Å²) >= 11 is 0. The largest absolute Gasteiger partial charge is 0.384 e. The maximum atomic E-state index is 13.1. The van der Waals surface area contributed by atoms with E-state index in [9.17, 15) is 13.2 Å². The summed E-state index contributed by atoms with van der Waals surface area (Å²) in [5, 5.41) is 7.44. The lowest BCUT2D eigenvalue weighted by atomic mass is 10.1. The van der Waals surface area contributed by atoms with Gasteiger partial charge in [-0.3, -0.25) is 10.2 Å². The summed E-state index contributed by atoms with van der Waals surface area (Å²) in [6.07, 6.45) is 0.941. The Labute approximate surface area is 200 Å². The highest BCUT2D eigenvalue weighted by atomic mass is 32.2. The molecule has 1 saturated heterocycles. The number of benzene rings is 3. The summed E-state index contributed by atoms with van der Waals surface area (Å²) in [4.78, 5) is 14.6. The number of sulfonamides is 1. The van der Waals surface area contributed by atoms with E-state index in [0.29, 0.717) is 31.5 Å². The van der Waals surface area contributed by atoms with Crippen molar-refractivity contribution in [2.45, 2.75) is 17.7 Å². The van der Waals surface area contributed by atoms with Gasteiger partial charge in [0, 0.05) is 38.2 Å². The lowest BCUT2D eigenvalue weighted by Gasteiger charge is -2.34. The van der Waals surface area contributed by atoms with Crippen LogP contribution in [0.1, 0.15) is 17.5 Å². The SMILES string of the molecule is N=C(N)c1ccc(CCC(=O)N2CCN(S(=O)(=O)c3ccc(-c4ccccc4)cc3)CC2)cc1. The number of carbonyl (C=O) groups is 1. The van der Waals surface area contributed by atoms with Crippen LogP contribution in [0, 0.1) is 5.41 Å². The smallest absolute Gasteiger partial charge is 0.243 e. The fourth-order valence-corrected chi connectivity index (χ4v) is 5.46. The summed E-state index contributed by atoms with van der Waals surface area (Å²) in [6.45, 7) is 1.32. The molecule has 1 fully saturated rings. The number of nitrogen functional groups attached to an aromatic ring is 1. The molecule has 8 heteroatoms. The van der Waals surface area contributed by atoms with E-state index in [1.165, 1.54) is 4.31 Å². The first kappa shape index (κ1) is 23.7. The molecule has 0 aliphatic carbocycles. The zero-order valence-electron chi connectivity index (χ0n) is 18.9. The molecule has 0 saturated carbocycles. The molecule has 0 bridgehead atoms. The molecule has 0 atom stereocenters. The van der Waals surface area contributed by atoms with Gasteiger partial charge in [0.1, 0.15) is 5.84 Å². The zero-order chi connectivity index (χ0) is 24.1. The van der Waals surface area contributed by atoms with Gasteiger partial charge < -0.3 is 10.6 Å². The maximum Gasteiger partial charge on any atom is 0.243 e. The monoisotopic (exact) mass is 476 g/mol. The lowest BCUT2D eigenvalue weighted by Crippen LogP contribution is -2.50. The number of hydrogen-bond donors (Lipinski definition) is 2. The molecule has 3 N–H and O–H groups in total. The van der Waals surface area contributed by atoms with Crippen molar-refractivity contribution >= 4 is 21.8 Å². The highest BCUT2D eigenvalue weighted by Crippen LogP contribution is 2.23. The van der Waals surface area contributed by atoms with Crippen molar-refractivity contribution in [1.82, 2.24) is 9.21 Å². The van der Waals surface area contributed by atoms with E-state index in [4.69, 9.17) is 11.1 Å². The van der Waals surface area contributed by atoms with Crippen LogP contribution < -0.4 is 5.73 Å². The Kier molecular flexibility index (Phi) is 7.09. The molecule has 1 heterocycles. The molecule has 3 aromatic rings. The van der Waals surface area contributed by atoms with Crippen LogP contribution in [-0.2, 0) is 21.2 Å². The highest BCUT2D eigenvalue weighted by Gasteiger charge is 2.30. The Balaban J connectivity index is 1.31. The van der Waals surface area contributed by atoms with E-state index >= 15 is 0 Å². The molecule has 34 heavy (non-hydrogen) atoms. The number of amides is 1. The van der Waals surface area contributed by atoms with Gasteiger partial charge in [0.05, 0.1) is 4.90 Å². The number of nitrogens with two attached hydrogens (primary N) is 1. The number of piperazine rings is 1. The number of carbonyl (C=O) groups excluding carboxylic acids is 1. The first-order valence-electron chi connectivity index (χ1n) is 11.2. The normalized spacial score (nSPS) is 14.6. The van der Waals surface area contributed by atoms with Gasteiger partial charge in [-0.25, -0.2) is 8.42 Å². The van der Waals surface area contributed by atoms with Crippen LogP contribution in [-0.4, -0.2) is 55.5 Å². The second-order valence-electron chi connectivity index (χ2n) is 8.29. The summed E-state index contributed by atoms with van der Waals surface area (Å²) in [6, 6.07) is 24.1. The third-order valence-corrected chi connectivity index (χ3v) is 8.00. The van der Waals surface area contributed by atoms with Gasteiger partial charge in [0.25, 0.3) is 0 Å². The lowest BCUT2D eigenvalue weighted by molar-refractivity contribution is -0.132. The summed E-state index contributed by atoms with van der Waals surface area (Å²) in [5.41, 5.74) is 9.12. The fraction of sp³-hybridized carbons (Fsp3) is 0.231. The Morgan fingerprint density at radius 1 is 0.824 bits per heavy atom. The molecule has 0 aromatic heterocycles. The molecule has 176 valence electrons. The van der Waals surface area contributed by atoms with Gasteiger partial charge in [0.15, 0.2) is 0 Å². The van der Waals surface area contributed by atoms with Crippen LogP contribution in [0.2, 0.25) is 0 Å². The van der Waals surface area contributed by atoms with E-state index in [2.05, 4.69) is 0 Å². The topological polar surface area (TPSA) is 108 Å². The van der Waals surface area contributed by atoms with Crippen LogP contribution in [0.15, 0.2) is 83.8 Å². The molecule has 0 spiro atoms. The Bertz CT molecular complexity index is 1250. The Morgan fingerprint density at radius 3 is 2.00 bits per heavy atom. The molecule has 7 nitrogen and oxygen atoms in total. The molecule has 0 unspecified atom stereocenters. The van der Waals surface area contributed by atoms with E-state index in [1.807, 2.05) is 54.6 Å². The zero-order valence-corrected chi connectivity index (χ0v) is 19.7. The quantitative estimate of drug-likeness (QED) is 0.404. The number of hydrogen-bond acceptors (Lipinski definition) is 4. The van der Waals surface area contributed by atoms with Crippen molar-refractivity contribution in [2.75, 3.05) is 26.2 Å². The van der Waals surface area contributed by atoms with Gasteiger partial charge in [0.2, 0.25) is 15.9 Å². The number of nitrogens with zero attached hydrogens (tertiary/aromatic N) is 2. The van der Waals surface area contributed by atoms with Crippen molar-refractivity contribution in [3.05, 3.63) is 90.0 Å². The minimum absolute atomic E-state index is 0.0138. The van der Waals surface area contributed by atoms with Crippen molar-refractivity contribution in [2.24, 2.45) is 5.73 Å². The fourth-order valence-electron chi connectivity index (χ4n) is 4.04.